The van der Waals surface area contributed by atoms with Gasteiger partial charge in [0.15, 0.2) is 0 Å². The molecule has 3 aromatic rings. The van der Waals surface area contributed by atoms with Crippen LogP contribution < -0.4 is 9.64 Å². The third-order valence-electron chi connectivity index (χ3n) is 8.08. The number of benzene rings is 3. The van der Waals surface area contributed by atoms with E-state index in [9.17, 15) is 10.1 Å². The van der Waals surface area contributed by atoms with Gasteiger partial charge in [0.2, 0.25) is 0 Å². The van der Waals surface area contributed by atoms with E-state index in [1.807, 2.05) is 13.8 Å². The molecule has 1 aliphatic heterocycles. The SMILES string of the molecule is CC(C)Oc1ccc([N+](=O)[O-])cc1[CH]=[Ru]([Cl])[Cl].Cc1cc(C)cc(C2(C)[CH-]N(c3c(C(C)C)cccc3C(C)C)C(C)(C)C2)c1. The molecule has 0 aliphatic carbocycles. The molecule has 5 nitrogen and oxygen atoms in total. The fourth-order valence-corrected chi connectivity index (χ4v) is 8.09. The molecule has 1 aliphatic rings. The van der Waals surface area contributed by atoms with Crippen molar-refractivity contribution < 1.29 is 23.2 Å². The van der Waals surface area contributed by atoms with Crippen molar-refractivity contribution in [1.29, 1.82) is 0 Å². The van der Waals surface area contributed by atoms with Gasteiger partial charge < -0.3 is 4.90 Å². The van der Waals surface area contributed by atoms with Gasteiger partial charge in [0.05, 0.1) is 0 Å². The maximum atomic E-state index is 10.7. The van der Waals surface area contributed by atoms with Crippen LogP contribution >= 0.6 is 19.4 Å². The molecule has 8 heteroatoms. The van der Waals surface area contributed by atoms with Crippen LogP contribution in [-0.2, 0) is 18.9 Å². The standard InChI is InChI=1S/C27H38N.C10H11NO3.2ClH.Ru/c1-18(2)23-11-10-12-24(19(3)4)25(23)28-17-27(9,16-26(28,7)8)22-14-20(5)13-21(6)15-22;1-7(2)14-10-5-4-9(11(12)13)6-8(10)3;;;/h10-15,17-19H,16H2,1-9H3;3-7H,1-2H3;2*1H;/q-1;;;;+2/p-2. The van der Waals surface area contributed by atoms with Gasteiger partial charge in [0.25, 0.3) is 0 Å². The van der Waals surface area contributed by atoms with Crippen LogP contribution in [0, 0.1) is 30.5 Å². The van der Waals surface area contributed by atoms with E-state index in [0.717, 1.165) is 6.42 Å². The van der Waals surface area contributed by atoms with E-state index in [0.29, 0.717) is 23.1 Å². The van der Waals surface area contributed by atoms with Gasteiger partial charge in [-0.25, -0.2) is 6.54 Å². The average molecular weight is 742 g/mol. The molecular weight excluding hydrogens is 692 g/mol. The number of nitrogens with zero attached hydrogens (tertiary/aromatic N) is 2. The molecule has 248 valence electrons. The van der Waals surface area contributed by atoms with Crippen LogP contribution in [0.15, 0.2) is 54.6 Å². The van der Waals surface area contributed by atoms with Crippen LogP contribution in [0.4, 0.5) is 11.4 Å². The molecule has 0 aromatic heterocycles. The number of anilines is 1. The van der Waals surface area contributed by atoms with E-state index < -0.39 is 18.4 Å². The zero-order valence-corrected chi connectivity index (χ0v) is 31.8. The van der Waals surface area contributed by atoms with Gasteiger partial charge in [0.1, 0.15) is 0 Å². The zero-order valence-electron chi connectivity index (χ0n) is 28.5. The maximum absolute atomic E-state index is 10.7. The van der Waals surface area contributed by atoms with E-state index >= 15 is 0 Å². The Bertz CT molecular complexity index is 1500. The first-order valence-corrected chi connectivity index (χ1v) is 21.0. The van der Waals surface area contributed by atoms with Crippen molar-refractivity contribution >= 4 is 35.4 Å². The number of ether oxygens (including phenoxy) is 1. The first-order chi connectivity index (χ1) is 20.8. The Hall–Kier alpha value is -2.27. The van der Waals surface area contributed by atoms with Crippen molar-refractivity contribution in [2.45, 2.75) is 111 Å². The van der Waals surface area contributed by atoms with Crippen LogP contribution in [0.1, 0.15) is 114 Å². The molecule has 1 atom stereocenters. The molecule has 1 heterocycles. The molecule has 3 aromatic carbocycles. The van der Waals surface area contributed by atoms with Gasteiger partial charge in [-0.15, -0.1) is 5.41 Å². The first kappa shape index (κ1) is 37.2. The van der Waals surface area contributed by atoms with Crippen molar-refractivity contribution in [3.8, 4) is 5.75 Å². The number of para-hydroxylation sites is 1. The van der Waals surface area contributed by atoms with Gasteiger partial charge in [-0.2, -0.15) is 0 Å². The fraction of sp³-hybridized carbons (Fsp3) is 0.459. The van der Waals surface area contributed by atoms with Crippen LogP contribution in [0.2, 0.25) is 0 Å². The van der Waals surface area contributed by atoms with Gasteiger partial charge >= 0.3 is 112 Å². The number of hydrogen-bond acceptors (Lipinski definition) is 4. The Labute approximate surface area is 283 Å². The van der Waals surface area contributed by atoms with Crippen molar-refractivity contribution in [2.24, 2.45) is 0 Å². The Morgan fingerprint density at radius 2 is 1.49 bits per heavy atom. The number of halogens is 2. The van der Waals surface area contributed by atoms with E-state index in [4.69, 9.17) is 24.1 Å². The van der Waals surface area contributed by atoms with E-state index in [1.54, 1.807) is 10.7 Å². The van der Waals surface area contributed by atoms with E-state index in [-0.39, 0.29) is 22.7 Å². The Morgan fingerprint density at radius 3 is 1.96 bits per heavy atom. The summed E-state index contributed by atoms with van der Waals surface area (Å²) in [5.74, 6) is 1.57. The van der Waals surface area contributed by atoms with Crippen LogP contribution in [-0.4, -0.2) is 21.2 Å². The number of non-ortho nitro benzene ring substituents is 1. The summed E-state index contributed by atoms with van der Waals surface area (Å²) in [4.78, 5) is 12.8. The predicted molar refractivity (Wildman–Crippen MR) is 189 cm³/mol. The molecule has 0 spiro atoms. The molecule has 1 saturated heterocycles. The molecule has 0 bridgehead atoms. The average Bonchev–Trinajstić information content (AvgIpc) is 3.17. The zero-order chi connectivity index (χ0) is 33.9. The quantitative estimate of drug-likeness (QED) is 0.0998. The Kier molecular flexibility index (Phi) is 12.5. The summed E-state index contributed by atoms with van der Waals surface area (Å²) in [6.45, 7) is 27.2. The van der Waals surface area contributed by atoms with Crippen molar-refractivity contribution in [3.05, 3.63) is 105 Å². The van der Waals surface area contributed by atoms with Crippen molar-refractivity contribution in [1.82, 2.24) is 0 Å². The molecule has 0 N–H and O–H groups in total. The van der Waals surface area contributed by atoms with E-state index in [2.05, 4.69) is 110 Å². The van der Waals surface area contributed by atoms with E-state index in [1.165, 1.54) is 45.6 Å². The normalized spacial score (nSPS) is 17.8. The summed E-state index contributed by atoms with van der Waals surface area (Å²) in [5, 5.41) is 10.7. The number of nitro benzene ring substituents is 1. The number of rotatable bonds is 8. The number of hydrogen-bond donors (Lipinski definition) is 0. The summed E-state index contributed by atoms with van der Waals surface area (Å²) in [7, 11) is 11.6. The molecule has 0 radical (unpaired) electrons. The Balaban J connectivity index is 0.000000279. The van der Waals surface area contributed by atoms with Gasteiger partial charge in [-0.1, -0.05) is 87.7 Å². The summed E-state index contributed by atoms with van der Waals surface area (Å²) < 4.78 is 7.17. The molecule has 0 saturated carbocycles. The molecule has 1 fully saturated rings. The van der Waals surface area contributed by atoms with Crippen molar-refractivity contribution in [2.75, 3.05) is 4.90 Å². The molecule has 1 unspecified atom stereocenters. The van der Waals surface area contributed by atoms with Gasteiger partial charge in [-0.3, -0.25) is 0 Å². The summed E-state index contributed by atoms with van der Waals surface area (Å²) >= 11 is -2.05. The first-order valence-electron chi connectivity index (χ1n) is 15.5. The monoisotopic (exact) mass is 741 g/mol. The predicted octanol–water partition coefficient (Wildman–Crippen LogP) is 11.1. The minimum absolute atomic E-state index is 0.00360. The summed E-state index contributed by atoms with van der Waals surface area (Å²) in [5.41, 5.74) is 9.18. The summed E-state index contributed by atoms with van der Waals surface area (Å²) in [6, 6.07) is 18.3. The fourth-order valence-electron chi connectivity index (χ4n) is 6.30. The molecule has 4 rings (SSSR count). The third kappa shape index (κ3) is 9.40. The third-order valence-corrected chi connectivity index (χ3v) is 9.92. The number of aryl methyl sites for hydroxylation is 2. The van der Waals surface area contributed by atoms with Crippen LogP contribution in [0.5, 0.6) is 5.75 Å². The maximum Gasteiger partial charge on any atom is 0.0145 e. The molecular formula is C37H49Cl2N2O3Ru-. The van der Waals surface area contributed by atoms with Crippen molar-refractivity contribution in [3.63, 3.8) is 0 Å². The Morgan fingerprint density at radius 1 is 0.933 bits per heavy atom. The number of nitro groups is 1. The topological polar surface area (TPSA) is 55.6 Å². The largest absolute Gasteiger partial charge is 0.517 e. The molecule has 0 amide bonds. The second-order valence-corrected chi connectivity index (χ2v) is 19.6. The summed E-state index contributed by atoms with van der Waals surface area (Å²) in [6.07, 6.45) is 1.10. The van der Waals surface area contributed by atoms with Gasteiger partial charge in [0, 0.05) is 11.2 Å². The van der Waals surface area contributed by atoms with Crippen LogP contribution in [0.25, 0.3) is 0 Å². The minimum Gasteiger partial charge on any atom is -0.517 e. The smallest absolute Gasteiger partial charge is 0.0145 e. The van der Waals surface area contributed by atoms with Crippen LogP contribution in [0.3, 0.4) is 0 Å². The second kappa shape index (κ2) is 15.1. The second-order valence-electron chi connectivity index (χ2n) is 13.8. The molecule has 45 heavy (non-hydrogen) atoms. The van der Waals surface area contributed by atoms with Gasteiger partial charge in [-0.05, 0) is 57.1 Å². The minimum atomic E-state index is -2.05.